The van der Waals surface area contributed by atoms with Gasteiger partial charge in [0.1, 0.15) is 18.0 Å². The Hall–Kier alpha value is -3.07. The monoisotopic (exact) mass is 406 g/mol. The van der Waals surface area contributed by atoms with E-state index in [0.717, 1.165) is 61.6 Å². The molecule has 9 heteroatoms. The van der Waals surface area contributed by atoms with Gasteiger partial charge in [0.25, 0.3) is 5.56 Å². The van der Waals surface area contributed by atoms with Crippen LogP contribution < -0.4 is 10.5 Å². The van der Waals surface area contributed by atoms with Gasteiger partial charge in [0.05, 0.1) is 12.2 Å². The molecule has 0 saturated carbocycles. The number of aryl methyl sites for hydroxylation is 2. The normalized spacial score (nSPS) is 21.4. The second-order valence-electron chi connectivity index (χ2n) is 8.45. The molecule has 30 heavy (non-hydrogen) atoms. The summed E-state index contributed by atoms with van der Waals surface area (Å²) < 4.78 is 3.51. The minimum absolute atomic E-state index is 0.00672. The van der Waals surface area contributed by atoms with E-state index in [1.54, 1.807) is 24.1 Å². The summed E-state index contributed by atoms with van der Waals surface area (Å²) in [5.41, 5.74) is 2.04. The van der Waals surface area contributed by atoms with Gasteiger partial charge in [-0.25, -0.2) is 19.6 Å². The Bertz CT molecular complexity index is 1120. The van der Waals surface area contributed by atoms with Gasteiger partial charge >= 0.3 is 0 Å². The van der Waals surface area contributed by atoms with Crippen LogP contribution in [0.5, 0.6) is 0 Å². The van der Waals surface area contributed by atoms with Crippen LogP contribution in [0.1, 0.15) is 17.2 Å². The second-order valence-corrected chi connectivity index (χ2v) is 8.45. The molecular weight excluding hydrogens is 380 g/mol. The third-order valence-corrected chi connectivity index (χ3v) is 6.27. The first-order chi connectivity index (χ1) is 14.5. The Balaban J connectivity index is 1.27. The maximum Gasteiger partial charge on any atom is 0.253 e. The largest absolute Gasteiger partial charge is 0.356 e. The van der Waals surface area contributed by atoms with Crippen molar-refractivity contribution < 1.29 is 0 Å². The van der Waals surface area contributed by atoms with Crippen LogP contribution >= 0.6 is 0 Å². The summed E-state index contributed by atoms with van der Waals surface area (Å²) >= 11 is 0. The number of hydrogen-bond acceptors (Lipinski definition) is 7. The van der Waals surface area contributed by atoms with Crippen molar-refractivity contribution in [2.45, 2.75) is 20.4 Å². The molecule has 2 aliphatic heterocycles. The van der Waals surface area contributed by atoms with Gasteiger partial charge in [-0.05, 0) is 31.7 Å². The third kappa shape index (κ3) is 3.39. The van der Waals surface area contributed by atoms with Crippen molar-refractivity contribution in [1.82, 2.24) is 34.2 Å². The van der Waals surface area contributed by atoms with Crippen LogP contribution in [0.15, 0.2) is 35.5 Å². The summed E-state index contributed by atoms with van der Waals surface area (Å²) in [5, 5.41) is 4.54. The molecule has 5 rings (SSSR count). The van der Waals surface area contributed by atoms with Crippen LogP contribution in [0.3, 0.4) is 0 Å². The minimum atomic E-state index is -0.00672. The van der Waals surface area contributed by atoms with E-state index in [9.17, 15) is 4.79 Å². The number of likely N-dealkylation sites (tertiary alicyclic amines) is 1. The summed E-state index contributed by atoms with van der Waals surface area (Å²) in [5.74, 6) is 3.78. The average Bonchev–Trinajstić information content (AvgIpc) is 3.38. The molecule has 2 unspecified atom stereocenters. The Morgan fingerprint density at radius 3 is 2.43 bits per heavy atom. The fraction of sp³-hybridized carbons (Fsp3) is 0.476. The van der Waals surface area contributed by atoms with Gasteiger partial charge in [-0.15, -0.1) is 0 Å². The predicted molar refractivity (Wildman–Crippen MR) is 113 cm³/mol. The lowest BCUT2D eigenvalue weighted by Crippen LogP contribution is -2.31. The highest BCUT2D eigenvalue weighted by atomic mass is 16.1. The second kappa shape index (κ2) is 7.32. The van der Waals surface area contributed by atoms with E-state index >= 15 is 0 Å². The number of fused-ring (bicyclic) bond motifs is 1. The van der Waals surface area contributed by atoms with Crippen LogP contribution in [-0.4, -0.2) is 60.4 Å². The first-order valence-electron chi connectivity index (χ1n) is 10.3. The van der Waals surface area contributed by atoms with Gasteiger partial charge < -0.3 is 4.90 Å². The average molecular weight is 406 g/mol. The van der Waals surface area contributed by atoms with E-state index in [2.05, 4.69) is 29.9 Å². The Labute approximate surface area is 175 Å². The van der Waals surface area contributed by atoms with Crippen molar-refractivity contribution in [3.05, 3.63) is 58.3 Å². The zero-order valence-electron chi connectivity index (χ0n) is 17.6. The van der Waals surface area contributed by atoms with E-state index in [-0.39, 0.29) is 5.56 Å². The lowest BCUT2D eigenvalue weighted by molar-refractivity contribution is 0.295. The van der Waals surface area contributed by atoms with Crippen LogP contribution in [0.4, 0.5) is 5.82 Å². The fourth-order valence-electron chi connectivity index (χ4n) is 4.75. The van der Waals surface area contributed by atoms with Crippen molar-refractivity contribution in [2.75, 3.05) is 31.1 Å². The molecule has 2 atom stereocenters. The molecule has 3 aromatic rings. The van der Waals surface area contributed by atoms with Crippen LogP contribution in [0.25, 0.3) is 5.82 Å². The molecule has 0 bridgehead atoms. The summed E-state index contributed by atoms with van der Waals surface area (Å²) in [4.78, 5) is 30.0. The Morgan fingerprint density at radius 1 is 1.00 bits per heavy atom. The molecule has 0 amide bonds. The molecule has 2 saturated heterocycles. The zero-order valence-corrected chi connectivity index (χ0v) is 17.6. The molecule has 0 aromatic carbocycles. The zero-order chi connectivity index (χ0) is 20.8. The quantitative estimate of drug-likeness (QED) is 0.637. The number of nitrogens with zero attached hydrogens (tertiary/aromatic N) is 8. The lowest BCUT2D eigenvalue weighted by atomic mass is 10.0. The molecule has 2 aliphatic rings. The lowest BCUT2D eigenvalue weighted by Gasteiger charge is -2.22. The molecule has 0 radical (unpaired) electrons. The first-order valence-corrected chi connectivity index (χ1v) is 10.3. The summed E-state index contributed by atoms with van der Waals surface area (Å²) in [7, 11) is 1.79. The van der Waals surface area contributed by atoms with E-state index in [0.29, 0.717) is 11.8 Å². The summed E-state index contributed by atoms with van der Waals surface area (Å²) in [6.45, 7) is 8.74. The van der Waals surface area contributed by atoms with E-state index in [1.165, 1.54) is 6.07 Å². The van der Waals surface area contributed by atoms with Gasteiger partial charge in [-0.3, -0.25) is 14.3 Å². The van der Waals surface area contributed by atoms with E-state index in [4.69, 9.17) is 0 Å². The molecule has 0 N–H and O–H groups in total. The van der Waals surface area contributed by atoms with Crippen LogP contribution in [-0.2, 0) is 13.6 Å². The third-order valence-electron chi connectivity index (χ3n) is 6.27. The van der Waals surface area contributed by atoms with Gasteiger partial charge in [0, 0.05) is 57.3 Å². The van der Waals surface area contributed by atoms with Crippen molar-refractivity contribution in [3.8, 4) is 5.82 Å². The maximum absolute atomic E-state index is 11.8. The van der Waals surface area contributed by atoms with Gasteiger partial charge in [0.15, 0.2) is 5.82 Å². The standard InChI is InChI=1S/C21H26N8O/c1-14-6-15(2)29(25-14)19-7-18(23-13-24-19)28-10-16-8-27(9-17(16)11-28)12-20-22-5-4-21(30)26(20)3/h4-7,13,16-17H,8-12H2,1-3H3. The SMILES string of the molecule is Cc1cc(C)n(-c2cc(N3CC4CN(Cc5nccc(=O)n5C)CC4C3)ncn2)n1. The van der Waals surface area contributed by atoms with Crippen molar-refractivity contribution in [3.63, 3.8) is 0 Å². The number of rotatable bonds is 4. The Morgan fingerprint density at radius 2 is 1.73 bits per heavy atom. The van der Waals surface area contributed by atoms with E-state index in [1.807, 2.05) is 30.7 Å². The van der Waals surface area contributed by atoms with Gasteiger partial charge in [-0.2, -0.15) is 5.10 Å². The maximum atomic E-state index is 11.8. The minimum Gasteiger partial charge on any atom is -0.356 e. The van der Waals surface area contributed by atoms with Crippen LogP contribution in [0.2, 0.25) is 0 Å². The van der Waals surface area contributed by atoms with Crippen LogP contribution in [0, 0.1) is 25.7 Å². The van der Waals surface area contributed by atoms with E-state index < -0.39 is 0 Å². The van der Waals surface area contributed by atoms with Crippen molar-refractivity contribution in [1.29, 1.82) is 0 Å². The smallest absolute Gasteiger partial charge is 0.253 e. The van der Waals surface area contributed by atoms with Crippen molar-refractivity contribution >= 4 is 5.82 Å². The summed E-state index contributed by atoms with van der Waals surface area (Å²) in [6.07, 6.45) is 3.23. The number of hydrogen-bond donors (Lipinski definition) is 0. The molecule has 2 fully saturated rings. The number of anilines is 1. The molecule has 5 heterocycles. The highest BCUT2D eigenvalue weighted by Gasteiger charge is 2.40. The number of aromatic nitrogens is 6. The highest BCUT2D eigenvalue weighted by Crippen LogP contribution is 2.34. The molecule has 9 nitrogen and oxygen atoms in total. The molecule has 156 valence electrons. The predicted octanol–water partition coefficient (Wildman–Crippen LogP) is 0.941. The Kier molecular flexibility index (Phi) is 4.62. The fourth-order valence-corrected chi connectivity index (χ4v) is 4.75. The van der Waals surface area contributed by atoms with Crippen molar-refractivity contribution in [2.24, 2.45) is 18.9 Å². The first kappa shape index (κ1) is 18.9. The molecule has 0 spiro atoms. The molecule has 3 aromatic heterocycles. The highest BCUT2D eigenvalue weighted by molar-refractivity contribution is 5.45. The summed E-state index contributed by atoms with van der Waals surface area (Å²) in [6, 6.07) is 5.58. The van der Waals surface area contributed by atoms with Gasteiger partial charge in [-0.1, -0.05) is 0 Å². The molecule has 0 aliphatic carbocycles. The topological polar surface area (TPSA) is 85.0 Å². The molecular formula is C21H26N8O. The van der Waals surface area contributed by atoms with Gasteiger partial charge in [0.2, 0.25) is 0 Å².